The van der Waals surface area contributed by atoms with Gasteiger partial charge in [-0.05, 0) is 138 Å². The molecule has 0 spiro atoms. The molecule has 0 atom stereocenters. The van der Waals surface area contributed by atoms with Gasteiger partial charge in [-0.3, -0.25) is 14.1 Å². The van der Waals surface area contributed by atoms with Crippen molar-refractivity contribution in [1.82, 2.24) is 49.8 Å². The minimum atomic E-state index is -4.81. The fourth-order valence-corrected chi connectivity index (χ4v) is 12.3. The van der Waals surface area contributed by atoms with Crippen LogP contribution in [0.2, 0.25) is 0 Å². The number of carbonyl (C=O) groups is 2. The molecule has 36 heteroatoms. The predicted octanol–water partition coefficient (Wildman–Crippen LogP) is -2.95. The second-order valence-corrected chi connectivity index (χ2v) is 26.9. The molecular formula is C52H45N12Na2O16S6+. The van der Waals surface area contributed by atoms with Crippen LogP contribution in [0, 0.1) is 0 Å². The maximum absolute atomic E-state index is 13.5. The Balaban J connectivity index is 0.00000501. The maximum Gasteiger partial charge on any atom is 1.00 e. The minimum Gasteiger partial charge on any atom is -0.748 e. The molecule has 10 aromatic rings. The Kier molecular flexibility index (Phi) is 21.2. The molecular weight excluding hydrogens is 1290 g/mol. The van der Waals surface area contributed by atoms with Gasteiger partial charge in [-0.15, -0.1) is 0 Å². The zero-order valence-corrected chi connectivity index (χ0v) is 55.6. The van der Waals surface area contributed by atoms with E-state index in [9.17, 15) is 61.5 Å². The number of carbonyl (C=O) groups excluding carboxylic acids is 2. The summed E-state index contributed by atoms with van der Waals surface area (Å²) in [5.41, 5.74) is 4.34. The molecule has 28 nitrogen and oxygen atoms in total. The summed E-state index contributed by atoms with van der Waals surface area (Å²) in [5.74, 6) is -4.55. The molecule has 1 N–H and O–H groups in total. The van der Waals surface area contributed by atoms with Gasteiger partial charge in [-0.25, -0.2) is 25.3 Å². The van der Waals surface area contributed by atoms with Gasteiger partial charge in [-0.1, -0.05) is 69.0 Å². The van der Waals surface area contributed by atoms with Gasteiger partial charge in [0, 0.05) is 58.6 Å². The van der Waals surface area contributed by atoms with Gasteiger partial charge in [0.05, 0.1) is 77.0 Å². The minimum absolute atomic E-state index is 0. The number of amides is 2. The molecule has 0 fully saturated rings. The van der Waals surface area contributed by atoms with Crippen molar-refractivity contribution in [3.8, 4) is 67.0 Å². The summed E-state index contributed by atoms with van der Waals surface area (Å²) < 4.78 is 149. The van der Waals surface area contributed by atoms with Crippen LogP contribution < -0.4 is 78.2 Å². The molecule has 88 heavy (non-hydrogen) atoms. The monoisotopic (exact) mass is 1330 g/mol. The SMILES string of the molecule is COc1cc(-c2ccc(-n3nc(-c4ccc(C(=O)N(CCS(=O)(=O)[O-])CCS(=O)(=O)O)cc4)n[n+]3-c3nc4ccccc4s3)c(OC)c2)ccc1-n1nc(-c2ccc(C(=O)N(CCS(=O)(=O)[O-])CCS(=O)(=O)[O-])cc2)n[n+]1-c1nc2ccccc2s1.[Na+].[Na+]. The summed E-state index contributed by atoms with van der Waals surface area (Å²) in [6.07, 6.45) is 0. The molecule has 0 aliphatic heterocycles. The molecule has 0 aliphatic rings. The summed E-state index contributed by atoms with van der Waals surface area (Å²) in [5, 5.41) is 20.2. The summed E-state index contributed by atoms with van der Waals surface area (Å²) in [6.45, 7) is -2.51. The smallest absolute Gasteiger partial charge is 0.748 e. The maximum atomic E-state index is 13.5. The Labute approximate surface area is 554 Å². The largest absolute Gasteiger partial charge is 1.00 e. The van der Waals surface area contributed by atoms with E-state index in [0.717, 1.165) is 19.2 Å². The van der Waals surface area contributed by atoms with Crippen LogP contribution in [0.3, 0.4) is 0 Å². The predicted molar refractivity (Wildman–Crippen MR) is 307 cm³/mol. The average molecular weight is 1330 g/mol. The quantitative estimate of drug-likeness (QED) is 0.0380. The fraction of sp³-hybridized carbons (Fsp3) is 0.192. The fourth-order valence-electron chi connectivity index (χ4n) is 8.70. The zero-order valence-electron chi connectivity index (χ0n) is 46.7. The number of fused-ring (bicyclic) bond motifs is 2. The second-order valence-electron chi connectivity index (χ2n) is 18.7. The van der Waals surface area contributed by atoms with Crippen LogP contribution in [-0.2, 0) is 40.5 Å². The van der Waals surface area contributed by atoms with Gasteiger partial charge >= 0.3 is 69.4 Å². The van der Waals surface area contributed by atoms with Crippen LogP contribution in [0.5, 0.6) is 11.5 Å². The number of nitrogens with zero attached hydrogens (tertiary/aromatic N) is 12. The number of hydrogen-bond donors (Lipinski definition) is 1. The molecule has 4 aromatic heterocycles. The summed E-state index contributed by atoms with van der Waals surface area (Å²) in [6, 6.07) is 37.3. The van der Waals surface area contributed by atoms with E-state index in [1.165, 1.54) is 105 Å². The molecule has 446 valence electrons. The van der Waals surface area contributed by atoms with Gasteiger partial charge < -0.3 is 32.9 Å². The van der Waals surface area contributed by atoms with E-state index in [1.807, 2.05) is 60.7 Å². The number of rotatable bonds is 23. The number of tetrazole rings is 2. The molecule has 6 aromatic carbocycles. The van der Waals surface area contributed by atoms with Gasteiger partial charge in [0.1, 0.15) is 11.5 Å². The molecule has 4 heterocycles. The van der Waals surface area contributed by atoms with Crippen molar-refractivity contribution in [2.75, 3.05) is 63.4 Å². The van der Waals surface area contributed by atoms with E-state index < -0.39 is 101 Å². The van der Waals surface area contributed by atoms with Gasteiger partial charge in [0.2, 0.25) is 0 Å². The average Bonchev–Trinajstić information content (AvgIpc) is 1.77. The summed E-state index contributed by atoms with van der Waals surface area (Å²) >= 11 is 2.67. The van der Waals surface area contributed by atoms with Crippen LogP contribution >= 0.6 is 22.7 Å². The number of ether oxygens (including phenoxy) is 2. The van der Waals surface area contributed by atoms with Crippen molar-refractivity contribution in [2.24, 2.45) is 0 Å². The van der Waals surface area contributed by atoms with E-state index >= 15 is 0 Å². The topological polar surface area (TPSA) is 380 Å². The van der Waals surface area contributed by atoms with Gasteiger partial charge in [0.15, 0.2) is 22.4 Å². The normalized spacial score (nSPS) is 11.9. The van der Waals surface area contributed by atoms with Crippen LogP contribution in [-0.4, -0.2) is 177 Å². The van der Waals surface area contributed by atoms with Crippen LogP contribution in [0.4, 0.5) is 0 Å². The molecule has 0 saturated heterocycles. The number of methoxy groups -OCH3 is 2. The van der Waals surface area contributed by atoms with Crippen molar-refractivity contribution in [3.05, 3.63) is 145 Å². The molecule has 0 unspecified atom stereocenters. The van der Waals surface area contributed by atoms with Crippen LogP contribution in [0.1, 0.15) is 20.7 Å². The van der Waals surface area contributed by atoms with Crippen LogP contribution in [0.15, 0.2) is 133 Å². The Bertz CT molecular complexity index is 4290. The Morgan fingerprint density at radius 3 is 1.18 bits per heavy atom. The van der Waals surface area contributed by atoms with Crippen molar-refractivity contribution in [3.63, 3.8) is 0 Å². The van der Waals surface area contributed by atoms with E-state index in [4.69, 9.17) is 39.8 Å². The van der Waals surface area contributed by atoms with E-state index in [2.05, 4.69) is 0 Å². The summed E-state index contributed by atoms with van der Waals surface area (Å²) in [7, 11) is -16.0. The molecule has 0 bridgehead atoms. The first kappa shape index (κ1) is 67.4. The molecule has 10 rings (SSSR count). The van der Waals surface area contributed by atoms with Gasteiger partial charge in [0.25, 0.3) is 33.6 Å². The molecule has 0 radical (unpaired) electrons. The summed E-state index contributed by atoms with van der Waals surface area (Å²) in [4.78, 5) is 44.3. The Hall–Kier alpha value is -6.58. The number of hydrogen-bond acceptors (Lipinski definition) is 23. The zero-order chi connectivity index (χ0) is 61.3. The number of para-hydroxylation sites is 2. The third kappa shape index (κ3) is 16.2. The first-order chi connectivity index (χ1) is 40.8. The van der Waals surface area contributed by atoms with Crippen molar-refractivity contribution in [1.29, 1.82) is 0 Å². The van der Waals surface area contributed by atoms with Crippen LogP contribution in [0.25, 0.3) is 76.0 Å². The van der Waals surface area contributed by atoms with Crippen molar-refractivity contribution in [2.45, 2.75) is 0 Å². The molecule has 2 amide bonds. The van der Waals surface area contributed by atoms with Crippen molar-refractivity contribution >= 4 is 95.4 Å². The Morgan fingerprint density at radius 2 is 0.852 bits per heavy atom. The van der Waals surface area contributed by atoms with E-state index in [1.54, 1.807) is 24.3 Å². The first-order valence-electron chi connectivity index (χ1n) is 25.2. The number of thiazole rings is 2. The number of aromatic nitrogens is 10. The van der Waals surface area contributed by atoms with Gasteiger partial charge in [-0.2, -0.15) is 8.42 Å². The Morgan fingerprint density at radius 1 is 0.511 bits per heavy atom. The second kappa shape index (κ2) is 27.7. The third-order valence-corrected chi connectivity index (χ3v) is 17.7. The standard InChI is InChI=1S/C52H46N12O16S6.2Na/c1-79-43-31-37(19-21-41(43)61-55-47(57-63(61)51-53-39-7-3-5-9-45(39)81-51)33-11-15-35(16-12-33)49(65)59(23-27-83(67,68)69)24-28-84(70,71)72)38-20-22-42(44(32-38)80-2)62-56-48(58-64(62)52-54-40-8-4-6-10-46(40)82-52)34-13-17-36(18-14-34)50(66)60(25-29-85(73,74)75)26-30-86(76,77)78;;/h3-22,31-32H,23-30H2,1-2H3,(H2-2,67,68,69,70,71,72,73,74,75,76,77,78);;/q;2*+1/p-1. The number of benzene rings is 6. The first-order valence-corrected chi connectivity index (χ1v) is 33.2. The van der Waals surface area contributed by atoms with E-state index in [-0.39, 0.29) is 81.9 Å². The molecule has 0 saturated carbocycles. The molecule has 0 aliphatic carbocycles. The third-order valence-electron chi connectivity index (χ3n) is 13.0. The van der Waals surface area contributed by atoms with Crippen molar-refractivity contribution < 1.29 is 140 Å². The van der Waals surface area contributed by atoms with E-state index in [0.29, 0.717) is 66.4 Å².